The number of hydrogen-bond donors (Lipinski definition) is 1. The van der Waals surface area contributed by atoms with E-state index in [0.717, 1.165) is 4.47 Å². The van der Waals surface area contributed by atoms with Gasteiger partial charge in [0, 0.05) is 12.9 Å². The Morgan fingerprint density at radius 2 is 2.06 bits per heavy atom. The summed E-state index contributed by atoms with van der Waals surface area (Å²) in [4.78, 5) is 1.29. The van der Waals surface area contributed by atoms with Crippen LogP contribution < -0.4 is 5.73 Å². The van der Waals surface area contributed by atoms with Crippen LogP contribution in [0.4, 0.5) is 0 Å². The van der Waals surface area contributed by atoms with Crippen molar-refractivity contribution in [1.82, 2.24) is 0 Å². The van der Waals surface area contributed by atoms with Crippen LogP contribution in [0, 0.1) is 10.5 Å². The van der Waals surface area contributed by atoms with E-state index in [2.05, 4.69) is 69.0 Å². The van der Waals surface area contributed by atoms with Gasteiger partial charge in [0.1, 0.15) is 0 Å². The zero-order valence-electron chi connectivity index (χ0n) is 8.71. The van der Waals surface area contributed by atoms with Gasteiger partial charge in [0.25, 0.3) is 0 Å². The van der Waals surface area contributed by atoms with Gasteiger partial charge in [0.05, 0.1) is 6.04 Å². The second-order valence-electron chi connectivity index (χ2n) is 3.58. The maximum Gasteiger partial charge on any atom is 0.0573 e. The number of benzene rings is 1. The molecule has 0 amide bonds. The van der Waals surface area contributed by atoms with Crippen LogP contribution in [-0.4, -0.2) is 0 Å². The number of thiophene rings is 1. The van der Waals surface area contributed by atoms with Gasteiger partial charge in [-0.1, -0.05) is 15.9 Å². The quantitative estimate of drug-likeness (QED) is 0.730. The molecule has 2 aromatic rings. The molecule has 4 heteroatoms. The van der Waals surface area contributed by atoms with Crippen molar-refractivity contribution < 1.29 is 0 Å². The Labute approximate surface area is 121 Å². The van der Waals surface area contributed by atoms with E-state index in [9.17, 15) is 0 Å². The Hall–Kier alpha value is 0.0900. The molecule has 0 aliphatic heterocycles. The van der Waals surface area contributed by atoms with Crippen molar-refractivity contribution in [3.63, 3.8) is 0 Å². The van der Waals surface area contributed by atoms with Gasteiger partial charge in [0.2, 0.25) is 0 Å². The Bertz CT molecular complexity index is 509. The van der Waals surface area contributed by atoms with Crippen molar-refractivity contribution in [1.29, 1.82) is 0 Å². The van der Waals surface area contributed by atoms with Gasteiger partial charge in [-0.3, -0.25) is 0 Å². The summed E-state index contributed by atoms with van der Waals surface area (Å²) in [5.41, 5.74) is 8.71. The first-order valence-electron chi connectivity index (χ1n) is 4.84. The predicted octanol–water partition coefficient (Wildman–Crippen LogP) is 4.47. The van der Waals surface area contributed by atoms with Crippen molar-refractivity contribution in [2.45, 2.75) is 13.0 Å². The third kappa shape index (κ3) is 2.50. The molecular formula is C12H11BrINS. The molecule has 0 saturated heterocycles. The van der Waals surface area contributed by atoms with Gasteiger partial charge >= 0.3 is 0 Å². The second kappa shape index (κ2) is 5.16. The van der Waals surface area contributed by atoms with Crippen molar-refractivity contribution in [2.75, 3.05) is 0 Å². The van der Waals surface area contributed by atoms with E-state index in [4.69, 9.17) is 5.73 Å². The van der Waals surface area contributed by atoms with Crippen molar-refractivity contribution in [3.8, 4) is 0 Å². The fraction of sp³-hybridized carbons (Fsp3) is 0.167. The number of nitrogens with two attached hydrogens (primary N) is 1. The molecule has 84 valence electrons. The molecule has 0 fully saturated rings. The predicted molar refractivity (Wildman–Crippen MR) is 81.9 cm³/mol. The van der Waals surface area contributed by atoms with Crippen molar-refractivity contribution in [2.24, 2.45) is 5.73 Å². The molecule has 1 atom stereocenters. The Morgan fingerprint density at radius 1 is 1.31 bits per heavy atom. The summed E-state index contributed by atoms with van der Waals surface area (Å²) in [6.45, 7) is 2.12. The lowest BCUT2D eigenvalue weighted by molar-refractivity contribution is 0.862. The zero-order valence-corrected chi connectivity index (χ0v) is 13.3. The zero-order chi connectivity index (χ0) is 11.7. The van der Waals surface area contributed by atoms with Crippen LogP contribution in [-0.2, 0) is 0 Å². The molecular weight excluding hydrogens is 397 g/mol. The Balaban J connectivity index is 2.45. The first-order valence-corrected chi connectivity index (χ1v) is 7.59. The van der Waals surface area contributed by atoms with Gasteiger partial charge in [-0.15, -0.1) is 11.3 Å². The monoisotopic (exact) mass is 407 g/mol. The standard InChI is InChI=1S/C12H11BrINS/c1-7-9(4-5-16-7)12(15)10-6-8(13)2-3-11(10)14/h2-6,12H,15H2,1H3. The normalized spacial score (nSPS) is 12.8. The van der Waals surface area contributed by atoms with Crippen LogP contribution in [0.15, 0.2) is 34.1 Å². The van der Waals surface area contributed by atoms with E-state index in [-0.39, 0.29) is 6.04 Å². The summed E-state index contributed by atoms with van der Waals surface area (Å²) in [6, 6.07) is 8.31. The molecule has 0 aliphatic rings. The van der Waals surface area contributed by atoms with E-state index in [1.807, 2.05) is 6.07 Å². The molecule has 16 heavy (non-hydrogen) atoms. The van der Waals surface area contributed by atoms with Gasteiger partial charge in [-0.25, -0.2) is 0 Å². The second-order valence-corrected chi connectivity index (χ2v) is 6.77. The number of aryl methyl sites for hydroxylation is 1. The highest BCUT2D eigenvalue weighted by Gasteiger charge is 2.15. The maximum atomic E-state index is 6.31. The average Bonchev–Trinajstić information content (AvgIpc) is 2.67. The summed E-state index contributed by atoms with van der Waals surface area (Å²) in [5.74, 6) is 0. The first kappa shape index (κ1) is 12.5. The van der Waals surface area contributed by atoms with Crippen LogP contribution in [0.2, 0.25) is 0 Å². The molecule has 0 aliphatic carbocycles. The highest BCUT2D eigenvalue weighted by atomic mass is 127. The van der Waals surface area contributed by atoms with Crippen LogP contribution >= 0.6 is 49.9 Å². The molecule has 1 nitrogen and oxygen atoms in total. The fourth-order valence-corrected chi connectivity index (χ4v) is 3.44. The van der Waals surface area contributed by atoms with Gasteiger partial charge in [0.15, 0.2) is 0 Å². The molecule has 0 radical (unpaired) electrons. The van der Waals surface area contributed by atoms with Gasteiger partial charge in [-0.2, -0.15) is 0 Å². The summed E-state index contributed by atoms with van der Waals surface area (Å²) in [6.07, 6.45) is 0. The summed E-state index contributed by atoms with van der Waals surface area (Å²) in [5, 5.41) is 2.09. The van der Waals surface area contributed by atoms with Crippen molar-refractivity contribution >= 4 is 49.9 Å². The van der Waals surface area contributed by atoms with Crippen LogP contribution in [0.5, 0.6) is 0 Å². The lowest BCUT2D eigenvalue weighted by Gasteiger charge is -2.14. The van der Waals surface area contributed by atoms with Crippen LogP contribution in [0.25, 0.3) is 0 Å². The molecule has 0 saturated carbocycles. The van der Waals surface area contributed by atoms with Crippen LogP contribution in [0.3, 0.4) is 0 Å². The number of rotatable bonds is 2. The lowest BCUT2D eigenvalue weighted by atomic mass is 10.0. The van der Waals surface area contributed by atoms with Crippen LogP contribution in [0.1, 0.15) is 22.0 Å². The summed E-state index contributed by atoms with van der Waals surface area (Å²) in [7, 11) is 0. The molecule has 1 heterocycles. The highest BCUT2D eigenvalue weighted by molar-refractivity contribution is 14.1. The minimum Gasteiger partial charge on any atom is -0.320 e. The molecule has 0 bridgehead atoms. The first-order chi connectivity index (χ1) is 7.59. The largest absolute Gasteiger partial charge is 0.320 e. The molecule has 1 aromatic heterocycles. The molecule has 0 spiro atoms. The SMILES string of the molecule is Cc1sccc1C(N)c1cc(Br)ccc1I. The fourth-order valence-electron chi connectivity index (χ4n) is 1.64. The van der Waals surface area contributed by atoms with E-state index >= 15 is 0 Å². The topological polar surface area (TPSA) is 26.0 Å². The molecule has 1 unspecified atom stereocenters. The summed E-state index contributed by atoms with van der Waals surface area (Å²) < 4.78 is 2.28. The maximum absolute atomic E-state index is 6.31. The Kier molecular flexibility index (Phi) is 4.05. The van der Waals surface area contributed by atoms with E-state index in [1.165, 1.54) is 19.6 Å². The number of hydrogen-bond acceptors (Lipinski definition) is 2. The number of halogens is 2. The molecule has 1 aromatic carbocycles. The van der Waals surface area contributed by atoms with E-state index in [0.29, 0.717) is 0 Å². The Morgan fingerprint density at radius 3 is 2.69 bits per heavy atom. The van der Waals surface area contributed by atoms with E-state index < -0.39 is 0 Å². The molecule has 2 N–H and O–H groups in total. The molecule has 2 rings (SSSR count). The smallest absolute Gasteiger partial charge is 0.0573 e. The highest BCUT2D eigenvalue weighted by Crippen LogP contribution is 2.30. The third-order valence-electron chi connectivity index (χ3n) is 2.53. The average molecular weight is 408 g/mol. The minimum atomic E-state index is -0.0318. The van der Waals surface area contributed by atoms with Gasteiger partial charge in [-0.05, 0) is 70.3 Å². The minimum absolute atomic E-state index is 0.0318. The van der Waals surface area contributed by atoms with Gasteiger partial charge < -0.3 is 5.73 Å². The lowest BCUT2D eigenvalue weighted by Crippen LogP contribution is -2.13. The van der Waals surface area contributed by atoms with Crippen molar-refractivity contribution in [3.05, 3.63) is 53.7 Å². The summed E-state index contributed by atoms with van der Waals surface area (Å²) >= 11 is 7.56. The third-order valence-corrected chi connectivity index (χ3v) is 4.86. The van der Waals surface area contributed by atoms with E-state index in [1.54, 1.807) is 11.3 Å².